The summed E-state index contributed by atoms with van der Waals surface area (Å²) in [5, 5.41) is 16.7. The second-order valence-corrected chi connectivity index (χ2v) is 3.82. The van der Waals surface area contributed by atoms with E-state index in [2.05, 4.69) is 10.2 Å². The van der Waals surface area contributed by atoms with Gasteiger partial charge in [0.25, 0.3) is 0 Å². The van der Waals surface area contributed by atoms with E-state index in [-0.39, 0.29) is 18.0 Å². The summed E-state index contributed by atoms with van der Waals surface area (Å²) in [6.45, 7) is 0.227. The molecule has 6 nitrogen and oxygen atoms in total. The minimum absolute atomic E-state index is 0.202. The normalized spacial score (nSPS) is 10.6. The number of hydrogen-bond acceptors (Lipinski definition) is 4. The van der Waals surface area contributed by atoms with E-state index in [1.807, 2.05) is 0 Å². The van der Waals surface area contributed by atoms with Gasteiger partial charge in [-0.05, 0) is 24.3 Å². The zero-order chi connectivity index (χ0) is 13.1. The lowest BCUT2D eigenvalue weighted by molar-refractivity contribution is 0.0697. The summed E-state index contributed by atoms with van der Waals surface area (Å²) in [6, 6.07) is 6.36. The highest BCUT2D eigenvalue weighted by molar-refractivity contribution is 6.16. The topological polar surface area (TPSA) is 94.0 Å². The van der Waals surface area contributed by atoms with E-state index in [0.29, 0.717) is 11.6 Å². The summed E-state index contributed by atoms with van der Waals surface area (Å²) in [7, 11) is 0. The van der Waals surface area contributed by atoms with Gasteiger partial charge in [-0.15, -0.1) is 21.8 Å². The van der Waals surface area contributed by atoms with Crippen LogP contribution in [-0.2, 0) is 12.4 Å². The number of benzene rings is 1. The van der Waals surface area contributed by atoms with Gasteiger partial charge in [0.15, 0.2) is 11.6 Å². The Morgan fingerprint density at radius 1 is 1.28 bits per heavy atom. The van der Waals surface area contributed by atoms with Gasteiger partial charge in [-0.3, -0.25) is 4.57 Å². The van der Waals surface area contributed by atoms with E-state index in [0.717, 1.165) is 5.69 Å². The molecule has 0 atom stereocenters. The van der Waals surface area contributed by atoms with Gasteiger partial charge < -0.3 is 10.8 Å². The Balaban J connectivity index is 2.47. The molecule has 1 heterocycles. The predicted molar refractivity (Wildman–Crippen MR) is 65.8 cm³/mol. The monoisotopic (exact) mass is 266 g/mol. The summed E-state index contributed by atoms with van der Waals surface area (Å²) in [4.78, 5) is 10.8. The molecule has 2 rings (SSSR count). The molecule has 0 fully saturated rings. The summed E-state index contributed by atoms with van der Waals surface area (Å²) in [5.74, 6) is 0.379. The van der Waals surface area contributed by atoms with Crippen LogP contribution in [0.15, 0.2) is 24.3 Å². The molecule has 18 heavy (non-hydrogen) atoms. The largest absolute Gasteiger partial charge is 0.478 e. The van der Waals surface area contributed by atoms with Crippen LogP contribution in [0.5, 0.6) is 0 Å². The minimum atomic E-state index is -0.970. The number of nitrogens with two attached hydrogens (primary N) is 1. The molecule has 0 aliphatic rings. The van der Waals surface area contributed by atoms with Gasteiger partial charge in [0.2, 0.25) is 0 Å². The molecule has 0 spiro atoms. The highest BCUT2D eigenvalue weighted by Crippen LogP contribution is 2.15. The third kappa shape index (κ3) is 2.20. The van der Waals surface area contributed by atoms with Crippen molar-refractivity contribution in [2.75, 3.05) is 0 Å². The van der Waals surface area contributed by atoms with Crippen molar-refractivity contribution in [3.63, 3.8) is 0 Å². The molecule has 94 valence electrons. The smallest absolute Gasteiger partial charge is 0.335 e. The van der Waals surface area contributed by atoms with Crippen LogP contribution in [-0.4, -0.2) is 25.8 Å². The first-order chi connectivity index (χ1) is 8.67. The molecule has 1 aromatic heterocycles. The van der Waals surface area contributed by atoms with Gasteiger partial charge in [0.05, 0.1) is 18.0 Å². The van der Waals surface area contributed by atoms with Crippen LogP contribution in [0.3, 0.4) is 0 Å². The zero-order valence-electron chi connectivity index (χ0n) is 9.38. The molecule has 0 bridgehead atoms. The molecule has 0 amide bonds. The Labute approximate surface area is 108 Å². The zero-order valence-corrected chi connectivity index (χ0v) is 10.1. The van der Waals surface area contributed by atoms with Gasteiger partial charge in [-0.1, -0.05) is 0 Å². The van der Waals surface area contributed by atoms with E-state index in [1.54, 1.807) is 16.7 Å². The quantitative estimate of drug-likeness (QED) is 0.810. The number of hydrogen-bond donors (Lipinski definition) is 2. The van der Waals surface area contributed by atoms with Crippen LogP contribution in [0, 0.1) is 0 Å². The summed E-state index contributed by atoms with van der Waals surface area (Å²) < 4.78 is 1.72. The van der Waals surface area contributed by atoms with Crippen molar-refractivity contribution in [3.8, 4) is 5.69 Å². The van der Waals surface area contributed by atoms with Gasteiger partial charge in [0.1, 0.15) is 0 Å². The molecular formula is C11H11ClN4O2. The molecule has 2 aromatic rings. The fourth-order valence-electron chi connectivity index (χ4n) is 1.62. The number of nitrogens with zero attached hydrogens (tertiary/aromatic N) is 3. The lowest BCUT2D eigenvalue weighted by Gasteiger charge is -2.08. The number of carboxylic acids is 1. The van der Waals surface area contributed by atoms with E-state index in [9.17, 15) is 4.79 Å². The standard InChI is InChI=1S/C11H11ClN4O2/c12-5-9-14-15-10(6-13)16(9)8-3-1-7(2-4-8)11(17)18/h1-4H,5-6,13H2,(H,17,18). The van der Waals surface area contributed by atoms with Crippen molar-refractivity contribution in [3.05, 3.63) is 41.5 Å². The molecule has 0 aliphatic heterocycles. The lowest BCUT2D eigenvalue weighted by atomic mass is 10.2. The third-order valence-electron chi connectivity index (χ3n) is 2.47. The number of rotatable bonds is 4. The molecule has 0 unspecified atom stereocenters. The average molecular weight is 267 g/mol. The van der Waals surface area contributed by atoms with E-state index in [4.69, 9.17) is 22.4 Å². The van der Waals surface area contributed by atoms with Crippen molar-refractivity contribution in [2.24, 2.45) is 5.73 Å². The number of aromatic carboxylic acids is 1. The fourth-order valence-corrected chi connectivity index (χ4v) is 1.80. The Bertz CT molecular complexity index is 543. The first-order valence-corrected chi connectivity index (χ1v) is 5.73. The maximum Gasteiger partial charge on any atom is 0.335 e. The van der Waals surface area contributed by atoms with Crippen LogP contribution in [0.2, 0.25) is 0 Å². The Morgan fingerprint density at radius 2 is 1.89 bits per heavy atom. The Kier molecular flexibility index (Phi) is 3.59. The first kappa shape index (κ1) is 12.5. The third-order valence-corrected chi connectivity index (χ3v) is 2.71. The fraction of sp³-hybridized carbons (Fsp3) is 0.182. The molecule has 7 heteroatoms. The summed E-state index contributed by atoms with van der Waals surface area (Å²) in [5.41, 5.74) is 6.53. The highest BCUT2D eigenvalue weighted by atomic mass is 35.5. The van der Waals surface area contributed by atoms with Crippen molar-refractivity contribution < 1.29 is 9.90 Å². The maximum absolute atomic E-state index is 10.8. The number of alkyl halides is 1. The van der Waals surface area contributed by atoms with E-state index in [1.165, 1.54) is 12.1 Å². The highest BCUT2D eigenvalue weighted by Gasteiger charge is 2.12. The van der Waals surface area contributed by atoms with Crippen molar-refractivity contribution in [1.29, 1.82) is 0 Å². The van der Waals surface area contributed by atoms with Gasteiger partial charge in [-0.25, -0.2) is 4.79 Å². The molecule has 1 aromatic carbocycles. The van der Waals surface area contributed by atoms with Crippen molar-refractivity contribution in [1.82, 2.24) is 14.8 Å². The van der Waals surface area contributed by atoms with Gasteiger partial charge >= 0.3 is 5.97 Å². The Hall–Kier alpha value is -1.92. The number of halogens is 1. The van der Waals surface area contributed by atoms with Crippen molar-refractivity contribution >= 4 is 17.6 Å². The first-order valence-electron chi connectivity index (χ1n) is 5.20. The molecule has 0 saturated heterocycles. The molecule has 0 saturated carbocycles. The molecule has 0 radical (unpaired) electrons. The van der Waals surface area contributed by atoms with Gasteiger partial charge in [-0.2, -0.15) is 0 Å². The minimum Gasteiger partial charge on any atom is -0.478 e. The van der Waals surface area contributed by atoms with Crippen LogP contribution >= 0.6 is 11.6 Å². The average Bonchev–Trinajstić information content (AvgIpc) is 2.81. The van der Waals surface area contributed by atoms with Crippen molar-refractivity contribution in [2.45, 2.75) is 12.4 Å². The second kappa shape index (κ2) is 5.16. The van der Waals surface area contributed by atoms with Crippen LogP contribution in [0.4, 0.5) is 0 Å². The molecule has 0 aliphatic carbocycles. The number of aromatic nitrogens is 3. The van der Waals surface area contributed by atoms with Crippen LogP contribution in [0.1, 0.15) is 22.0 Å². The summed E-state index contributed by atoms with van der Waals surface area (Å²) >= 11 is 5.78. The van der Waals surface area contributed by atoms with E-state index >= 15 is 0 Å². The SMILES string of the molecule is NCc1nnc(CCl)n1-c1ccc(C(=O)O)cc1. The van der Waals surface area contributed by atoms with Crippen LogP contribution in [0.25, 0.3) is 5.69 Å². The van der Waals surface area contributed by atoms with E-state index < -0.39 is 5.97 Å². The predicted octanol–water partition coefficient (Wildman–Crippen LogP) is 1.16. The molecule has 3 N–H and O–H groups in total. The lowest BCUT2D eigenvalue weighted by Crippen LogP contribution is -2.09. The molecular weight excluding hydrogens is 256 g/mol. The number of carbonyl (C=O) groups is 1. The number of carboxylic acid groups (broad SMARTS) is 1. The second-order valence-electron chi connectivity index (χ2n) is 3.56. The van der Waals surface area contributed by atoms with Crippen LogP contribution < -0.4 is 5.73 Å². The van der Waals surface area contributed by atoms with Gasteiger partial charge in [0, 0.05) is 5.69 Å². The summed E-state index contributed by atoms with van der Waals surface area (Å²) in [6.07, 6.45) is 0. The maximum atomic E-state index is 10.8. The Morgan fingerprint density at radius 3 is 2.39 bits per heavy atom.